The monoisotopic (exact) mass is 247 g/mol. The molecule has 0 saturated heterocycles. The first kappa shape index (κ1) is 12.5. The van der Waals surface area contributed by atoms with Crippen molar-refractivity contribution >= 4 is 0 Å². The summed E-state index contributed by atoms with van der Waals surface area (Å²) >= 11 is 0. The average Bonchev–Trinajstić information content (AvgIpc) is 2.62. The fraction of sp³-hybridized carbons (Fsp3) is 0.0833. The summed E-state index contributed by atoms with van der Waals surface area (Å²) in [7, 11) is 0. The van der Waals surface area contributed by atoms with Gasteiger partial charge in [0.2, 0.25) is 0 Å². The second kappa shape index (κ2) is 8.07. The molecule has 0 aromatic heterocycles. The third-order valence-corrected chi connectivity index (χ3v) is 1.50. The zero-order valence-electron chi connectivity index (χ0n) is 7.77. The Morgan fingerprint density at radius 3 is 1.62 bits per heavy atom. The largest absolute Gasteiger partial charge is 0.214 e. The minimum atomic E-state index is 0. The van der Waals surface area contributed by atoms with E-state index in [2.05, 4.69) is 19.1 Å². The molecule has 0 radical (unpaired) electrons. The van der Waals surface area contributed by atoms with Gasteiger partial charge in [0, 0.05) is 26.2 Å². The predicted octanol–water partition coefficient (Wildman–Crippen LogP) is 3.40. The molecule has 2 aromatic carbocycles. The van der Waals surface area contributed by atoms with E-state index in [1.54, 1.807) is 0 Å². The third-order valence-electron chi connectivity index (χ3n) is 1.50. The zero-order valence-corrected chi connectivity index (χ0v) is 10.2. The molecule has 2 rings (SSSR count). The van der Waals surface area contributed by atoms with Gasteiger partial charge in [-0.15, -0.1) is 0 Å². The number of benzene rings is 1. The Morgan fingerprint density at radius 2 is 1.38 bits per heavy atom. The van der Waals surface area contributed by atoms with Crippen molar-refractivity contribution in [2.24, 2.45) is 0 Å². The van der Waals surface area contributed by atoms with Crippen LogP contribution in [0.3, 0.4) is 0 Å². The Labute approximate surface area is 99.1 Å². The van der Waals surface area contributed by atoms with E-state index in [0.29, 0.717) is 0 Å². The van der Waals surface area contributed by atoms with Gasteiger partial charge in [0.15, 0.2) is 0 Å². The van der Waals surface area contributed by atoms with Gasteiger partial charge in [-0.1, -0.05) is 35.9 Å². The summed E-state index contributed by atoms with van der Waals surface area (Å²) in [5.41, 5.74) is 1.32. The maximum atomic E-state index is 2.08. The second-order valence-electron chi connectivity index (χ2n) is 2.62. The van der Waals surface area contributed by atoms with Crippen LogP contribution in [0.15, 0.2) is 60.7 Å². The van der Waals surface area contributed by atoms with Crippen molar-refractivity contribution in [1.29, 1.82) is 0 Å². The van der Waals surface area contributed by atoms with E-state index in [9.17, 15) is 0 Å². The van der Waals surface area contributed by atoms with E-state index in [4.69, 9.17) is 0 Å². The van der Waals surface area contributed by atoms with Crippen molar-refractivity contribution in [1.82, 2.24) is 0 Å². The standard InChI is InChI=1S/C7H8.C5H5.Zr/c1-7-5-3-2-4-6-7;1-2-4-5-3-1;/h2-6H,1H3;1-5H;/q;-1;. The van der Waals surface area contributed by atoms with Crippen LogP contribution >= 0.6 is 0 Å². The minimum Gasteiger partial charge on any atom is -0.214 e. The topological polar surface area (TPSA) is 0 Å². The molecule has 0 unspecified atom stereocenters. The van der Waals surface area contributed by atoms with Crippen molar-refractivity contribution in [2.75, 3.05) is 0 Å². The number of hydrogen-bond donors (Lipinski definition) is 0. The SMILES string of the molecule is Cc1ccccc1.[Zr].c1cc[cH-]c1. The van der Waals surface area contributed by atoms with Gasteiger partial charge in [0.05, 0.1) is 0 Å². The molecule has 0 aliphatic rings. The van der Waals surface area contributed by atoms with E-state index < -0.39 is 0 Å². The molecule has 0 aliphatic heterocycles. The molecule has 0 nitrogen and oxygen atoms in total. The quantitative estimate of drug-likeness (QED) is 0.627. The van der Waals surface area contributed by atoms with Crippen LogP contribution in [0.2, 0.25) is 0 Å². The number of aryl methyl sites for hydroxylation is 1. The Morgan fingerprint density at radius 1 is 0.846 bits per heavy atom. The Bertz CT molecular complexity index is 254. The number of hydrogen-bond acceptors (Lipinski definition) is 0. The van der Waals surface area contributed by atoms with E-state index in [0.717, 1.165) is 0 Å². The third kappa shape index (κ3) is 6.60. The smallest absolute Gasteiger partial charge is 0 e. The molecule has 1 heteroatoms. The Balaban J connectivity index is 0.000000215. The molecule has 2 aromatic rings. The van der Waals surface area contributed by atoms with Crippen molar-refractivity contribution in [2.45, 2.75) is 6.92 Å². The first-order valence-corrected chi connectivity index (χ1v) is 4.08. The van der Waals surface area contributed by atoms with E-state index in [1.807, 2.05) is 48.5 Å². The average molecular weight is 248 g/mol. The van der Waals surface area contributed by atoms with Crippen LogP contribution in [0.4, 0.5) is 0 Å². The van der Waals surface area contributed by atoms with E-state index in [1.165, 1.54) is 5.56 Å². The van der Waals surface area contributed by atoms with Crippen LogP contribution in [0.25, 0.3) is 0 Å². The van der Waals surface area contributed by atoms with Crippen LogP contribution in [0.1, 0.15) is 5.56 Å². The van der Waals surface area contributed by atoms with Gasteiger partial charge < -0.3 is 0 Å². The molecule has 0 spiro atoms. The maximum Gasteiger partial charge on any atom is 0 e. The van der Waals surface area contributed by atoms with Gasteiger partial charge in [-0.3, -0.25) is 0 Å². The second-order valence-corrected chi connectivity index (χ2v) is 2.62. The summed E-state index contributed by atoms with van der Waals surface area (Å²) in [6.07, 6.45) is 0. The van der Waals surface area contributed by atoms with Crippen molar-refractivity contribution in [3.8, 4) is 0 Å². The van der Waals surface area contributed by atoms with Crippen LogP contribution in [-0.2, 0) is 26.2 Å². The van der Waals surface area contributed by atoms with Crippen molar-refractivity contribution in [3.63, 3.8) is 0 Å². The van der Waals surface area contributed by atoms with Crippen LogP contribution in [-0.4, -0.2) is 0 Å². The molecule has 0 amide bonds. The predicted molar refractivity (Wildman–Crippen MR) is 53.2 cm³/mol. The van der Waals surface area contributed by atoms with Crippen LogP contribution < -0.4 is 0 Å². The zero-order chi connectivity index (χ0) is 8.65. The fourth-order valence-electron chi connectivity index (χ4n) is 0.855. The fourth-order valence-corrected chi connectivity index (χ4v) is 0.855. The molecule has 0 N–H and O–H groups in total. The Hall–Kier alpha value is -0.547. The van der Waals surface area contributed by atoms with Gasteiger partial charge in [0.1, 0.15) is 0 Å². The summed E-state index contributed by atoms with van der Waals surface area (Å²) in [6.45, 7) is 2.08. The molecule has 0 bridgehead atoms. The number of rotatable bonds is 0. The molecule has 66 valence electrons. The maximum absolute atomic E-state index is 2.08. The van der Waals surface area contributed by atoms with Gasteiger partial charge in [-0.2, -0.15) is 18.2 Å². The summed E-state index contributed by atoms with van der Waals surface area (Å²) in [5, 5.41) is 0. The summed E-state index contributed by atoms with van der Waals surface area (Å²) in [4.78, 5) is 0. The normalized spacial score (nSPS) is 7.77. The van der Waals surface area contributed by atoms with Crippen LogP contribution in [0, 0.1) is 6.92 Å². The summed E-state index contributed by atoms with van der Waals surface area (Å²) in [5.74, 6) is 0. The van der Waals surface area contributed by atoms with Crippen LogP contribution in [0.5, 0.6) is 0 Å². The van der Waals surface area contributed by atoms with E-state index >= 15 is 0 Å². The molecule has 0 atom stereocenters. The Kier molecular flexibility index (Phi) is 7.73. The van der Waals surface area contributed by atoms with Gasteiger partial charge >= 0.3 is 0 Å². The molecule has 0 heterocycles. The molecule has 0 saturated carbocycles. The van der Waals surface area contributed by atoms with Gasteiger partial charge in [0.25, 0.3) is 0 Å². The van der Waals surface area contributed by atoms with Crippen molar-refractivity contribution in [3.05, 3.63) is 66.2 Å². The van der Waals surface area contributed by atoms with Gasteiger partial charge in [-0.25, -0.2) is 12.1 Å². The molecule has 0 fully saturated rings. The van der Waals surface area contributed by atoms with E-state index in [-0.39, 0.29) is 26.2 Å². The van der Waals surface area contributed by atoms with Crippen molar-refractivity contribution < 1.29 is 26.2 Å². The molecular formula is C12H13Zr-. The first-order valence-electron chi connectivity index (χ1n) is 4.08. The summed E-state index contributed by atoms with van der Waals surface area (Å²) < 4.78 is 0. The molecular weight excluding hydrogens is 235 g/mol. The first-order chi connectivity index (χ1) is 5.89. The minimum absolute atomic E-state index is 0. The summed E-state index contributed by atoms with van der Waals surface area (Å²) in [6, 6.07) is 20.3. The molecule has 0 aliphatic carbocycles. The van der Waals surface area contributed by atoms with Gasteiger partial charge in [-0.05, 0) is 6.92 Å². The molecule has 13 heavy (non-hydrogen) atoms.